The molecule has 10 heavy (non-hydrogen) atoms. The summed E-state index contributed by atoms with van der Waals surface area (Å²) in [5, 5.41) is 9.38. The molecule has 0 radical (unpaired) electrons. The molecule has 1 rings (SSSR count). The first-order chi connectivity index (χ1) is 4.27. The van der Waals surface area contributed by atoms with Gasteiger partial charge in [-0.05, 0) is 25.7 Å². The zero-order chi connectivity index (χ0) is 6.74. The molecule has 0 saturated heterocycles. The van der Waals surface area contributed by atoms with Crippen LogP contribution in [0.15, 0.2) is 0 Å². The van der Waals surface area contributed by atoms with Crippen LogP contribution in [-0.4, -0.2) is 10.7 Å². The van der Waals surface area contributed by atoms with Gasteiger partial charge in [-0.25, -0.2) is 0 Å². The molecule has 0 aliphatic heterocycles. The Bertz CT molecular complexity index is 131. The molecule has 1 N–H and O–H groups in total. The largest absolute Gasteiger partial charge is 1.00 e. The van der Waals surface area contributed by atoms with Gasteiger partial charge in [0.25, 0.3) is 0 Å². The Morgan fingerprint density at radius 1 is 1.20 bits per heavy atom. The van der Waals surface area contributed by atoms with Crippen LogP contribution in [0, 0.1) is 12.3 Å². The Kier molecular flexibility index (Phi) is 4.31. The average molecular weight is 320 g/mol. The van der Waals surface area contributed by atoms with E-state index in [-0.39, 0.29) is 22.4 Å². The molecule has 0 aromatic rings. The molecule has 0 amide bonds. The predicted molar refractivity (Wildman–Crippen MR) is 35.2 cm³/mol. The first-order valence-electron chi connectivity index (χ1n) is 3.43. The van der Waals surface area contributed by atoms with E-state index in [0.717, 1.165) is 25.7 Å². The van der Waals surface area contributed by atoms with Crippen molar-refractivity contribution in [1.29, 1.82) is 0 Å². The molecule has 2 heteroatoms. The zero-order valence-electron chi connectivity index (χ0n) is 5.78. The smallest absolute Gasteiger partial charge is 0.691 e. The van der Waals surface area contributed by atoms with E-state index in [9.17, 15) is 5.11 Å². The summed E-state index contributed by atoms with van der Waals surface area (Å²) in [5.41, 5.74) is -0.863. The van der Waals surface area contributed by atoms with Crippen LogP contribution in [0.2, 0.25) is 0 Å². The minimum Gasteiger partial charge on any atom is -0.691 e. The molecule has 0 bridgehead atoms. The van der Waals surface area contributed by atoms with Gasteiger partial charge in [0, 0.05) is 0 Å². The van der Waals surface area contributed by atoms with E-state index in [1.54, 1.807) is 0 Å². The van der Waals surface area contributed by atoms with Crippen LogP contribution in [0.4, 0.5) is 0 Å². The maximum absolute atomic E-state index is 9.38. The zero-order valence-corrected chi connectivity index (χ0v) is 7.95. The summed E-state index contributed by atoms with van der Waals surface area (Å²) in [6.07, 6.45) is 11.5. The van der Waals surface area contributed by atoms with E-state index in [2.05, 4.69) is 5.92 Å². The molecule has 60 valence electrons. The van der Waals surface area contributed by atoms with E-state index in [0.29, 0.717) is 0 Å². The fourth-order valence-corrected chi connectivity index (χ4v) is 1.26. The van der Waals surface area contributed by atoms with Crippen molar-refractivity contribution in [2.45, 2.75) is 37.7 Å². The van der Waals surface area contributed by atoms with Crippen LogP contribution in [0.1, 0.15) is 32.1 Å². The summed E-state index contributed by atoms with van der Waals surface area (Å²) in [7, 11) is 0. The Morgan fingerprint density at radius 2 is 1.70 bits per heavy atom. The van der Waals surface area contributed by atoms with E-state index in [4.69, 9.17) is 6.42 Å². The van der Waals surface area contributed by atoms with E-state index >= 15 is 0 Å². The molecular formula is C8H11AuO. The van der Waals surface area contributed by atoms with Crippen LogP contribution < -0.4 is 0 Å². The number of hydrogen-bond acceptors (Lipinski definition) is 1. The molecule has 0 atom stereocenters. The minimum atomic E-state index is -0.863. The van der Waals surface area contributed by atoms with Crippen LogP contribution in [-0.2, 0) is 22.4 Å². The maximum atomic E-state index is 9.38. The summed E-state index contributed by atoms with van der Waals surface area (Å²) in [6.45, 7) is 0. The summed E-state index contributed by atoms with van der Waals surface area (Å²) in [6, 6.07) is 0. The number of aliphatic hydroxyl groups is 1. The van der Waals surface area contributed by atoms with Crippen LogP contribution in [0.5, 0.6) is 0 Å². The van der Waals surface area contributed by atoms with Crippen LogP contribution >= 0.6 is 0 Å². The standard InChI is InChI=1S/C8H11O.Au/c1-2-8(9)6-4-3-5-7-8;/h9H,3-7H2;/q-1;+1. The van der Waals surface area contributed by atoms with Gasteiger partial charge >= 0.3 is 22.4 Å². The number of rotatable bonds is 0. The van der Waals surface area contributed by atoms with Gasteiger partial charge < -0.3 is 17.5 Å². The van der Waals surface area contributed by atoms with Crippen LogP contribution in [0.25, 0.3) is 0 Å². The molecule has 0 heterocycles. The van der Waals surface area contributed by atoms with Gasteiger partial charge in [-0.15, -0.1) is 0 Å². The van der Waals surface area contributed by atoms with Crippen molar-refractivity contribution in [3.8, 4) is 5.92 Å². The van der Waals surface area contributed by atoms with E-state index in [1.807, 2.05) is 0 Å². The second-order valence-electron chi connectivity index (χ2n) is 2.72. The Labute approximate surface area is 77.7 Å². The third kappa shape index (κ3) is 2.48. The normalized spacial score (nSPS) is 22.4. The van der Waals surface area contributed by atoms with Crippen molar-refractivity contribution >= 4 is 0 Å². The molecule has 0 aromatic carbocycles. The van der Waals surface area contributed by atoms with Crippen molar-refractivity contribution in [3.63, 3.8) is 0 Å². The van der Waals surface area contributed by atoms with Crippen molar-refractivity contribution < 1.29 is 27.5 Å². The second-order valence-corrected chi connectivity index (χ2v) is 2.72. The average Bonchev–Trinajstić information content (AvgIpc) is 1.90. The van der Waals surface area contributed by atoms with E-state index in [1.165, 1.54) is 6.42 Å². The SMILES string of the molecule is [Au+].[C-]#CC1(O)CCCCC1. The Balaban J connectivity index is 0.000000810. The van der Waals surface area contributed by atoms with Crippen LogP contribution in [0.3, 0.4) is 0 Å². The van der Waals surface area contributed by atoms with E-state index < -0.39 is 5.60 Å². The quantitative estimate of drug-likeness (QED) is 0.405. The van der Waals surface area contributed by atoms with Crippen molar-refractivity contribution in [2.75, 3.05) is 0 Å². The van der Waals surface area contributed by atoms with Gasteiger partial charge in [0.05, 0.1) is 5.60 Å². The van der Waals surface area contributed by atoms with Gasteiger partial charge in [-0.1, -0.05) is 6.42 Å². The van der Waals surface area contributed by atoms with Crippen molar-refractivity contribution in [1.82, 2.24) is 0 Å². The molecule has 1 aliphatic rings. The van der Waals surface area contributed by atoms with Crippen molar-refractivity contribution in [2.24, 2.45) is 0 Å². The molecule has 1 nitrogen and oxygen atoms in total. The first-order valence-corrected chi connectivity index (χ1v) is 3.43. The molecular weight excluding hydrogens is 309 g/mol. The first kappa shape index (κ1) is 10.3. The molecule has 0 unspecified atom stereocenters. The minimum absolute atomic E-state index is 0. The topological polar surface area (TPSA) is 20.2 Å². The van der Waals surface area contributed by atoms with Gasteiger partial charge in [0.2, 0.25) is 0 Å². The van der Waals surface area contributed by atoms with Gasteiger partial charge in [0.1, 0.15) is 0 Å². The monoisotopic (exact) mass is 320 g/mol. The fourth-order valence-electron chi connectivity index (χ4n) is 1.26. The fraction of sp³-hybridized carbons (Fsp3) is 0.750. The molecule has 1 fully saturated rings. The molecule has 0 aromatic heterocycles. The molecule has 1 aliphatic carbocycles. The summed E-state index contributed by atoms with van der Waals surface area (Å²) >= 11 is 0. The third-order valence-electron chi connectivity index (χ3n) is 1.91. The third-order valence-corrected chi connectivity index (χ3v) is 1.91. The second kappa shape index (κ2) is 4.20. The van der Waals surface area contributed by atoms with Gasteiger partial charge in [-0.2, -0.15) is 0 Å². The number of hydrogen-bond donors (Lipinski definition) is 1. The van der Waals surface area contributed by atoms with Gasteiger partial charge in [-0.3, -0.25) is 0 Å². The maximum Gasteiger partial charge on any atom is 1.00 e. The summed E-state index contributed by atoms with van der Waals surface area (Å²) < 4.78 is 0. The summed E-state index contributed by atoms with van der Waals surface area (Å²) in [4.78, 5) is 0. The van der Waals surface area contributed by atoms with Gasteiger partial charge in [0.15, 0.2) is 0 Å². The predicted octanol–water partition coefficient (Wildman–Crippen LogP) is 1.27. The van der Waals surface area contributed by atoms with Crippen molar-refractivity contribution in [3.05, 3.63) is 6.42 Å². The molecule has 0 spiro atoms. The Hall–Kier alpha value is 0.260. The Morgan fingerprint density at radius 3 is 2.00 bits per heavy atom. The molecule has 1 saturated carbocycles. The summed E-state index contributed by atoms with van der Waals surface area (Å²) in [5.74, 6) is 2.19.